The van der Waals surface area contributed by atoms with E-state index in [0.717, 1.165) is 25.9 Å². The molecule has 5 nitrogen and oxygen atoms in total. The molecule has 0 aromatic heterocycles. The summed E-state index contributed by atoms with van der Waals surface area (Å²) in [6.07, 6.45) is 7.98. The first-order valence-corrected chi connectivity index (χ1v) is 9.15. The SMILES string of the molecule is C[C@]12CN(C[C@H]3CC=CCC3)C[C@H]1C(=O)Nc1ccccc1C(=O)N2. The number of nitrogens with one attached hydrogen (secondary N) is 2. The molecule has 132 valence electrons. The number of rotatable bonds is 2. The molecule has 1 aromatic rings. The van der Waals surface area contributed by atoms with Crippen molar-refractivity contribution < 1.29 is 9.59 Å². The highest BCUT2D eigenvalue weighted by Crippen LogP contribution is 2.33. The van der Waals surface area contributed by atoms with Crippen molar-refractivity contribution in [3.63, 3.8) is 0 Å². The van der Waals surface area contributed by atoms with Crippen molar-refractivity contribution in [3.05, 3.63) is 42.0 Å². The molecule has 1 aromatic carbocycles. The van der Waals surface area contributed by atoms with Crippen LogP contribution >= 0.6 is 0 Å². The summed E-state index contributed by atoms with van der Waals surface area (Å²) in [5, 5.41) is 6.13. The number of likely N-dealkylation sites (tertiary alicyclic amines) is 1. The van der Waals surface area contributed by atoms with Gasteiger partial charge >= 0.3 is 0 Å². The maximum atomic E-state index is 12.9. The van der Waals surface area contributed by atoms with Crippen LogP contribution in [0.5, 0.6) is 0 Å². The van der Waals surface area contributed by atoms with E-state index in [1.807, 2.05) is 19.1 Å². The smallest absolute Gasteiger partial charge is 0.253 e. The molecule has 5 heteroatoms. The van der Waals surface area contributed by atoms with Gasteiger partial charge in [-0.2, -0.15) is 0 Å². The first-order valence-electron chi connectivity index (χ1n) is 9.15. The first kappa shape index (κ1) is 16.3. The zero-order valence-corrected chi connectivity index (χ0v) is 14.6. The van der Waals surface area contributed by atoms with E-state index in [1.54, 1.807) is 12.1 Å². The Bertz CT molecular complexity index is 729. The van der Waals surface area contributed by atoms with Gasteiger partial charge in [0.15, 0.2) is 0 Å². The predicted octanol–water partition coefficient (Wildman–Crippen LogP) is 2.42. The predicted molar refractivity (Wildman–Crippen MR) is 97.4 cm³/mol. The van der Waals surface area contributed by atoms with Crippen LogP contribution in [0.3, 0.4) is 0 Å². The summed E-state index contributed by atoms with van der Waals surface area (Å²) in [7, 11) is 0. The number of carbonyl (C=O) groups is 2. The van der Waals surface area contributed by atoms with Gasteiger partial charge in [0.2, 0.25) is 5.91 Å². The topological polar surface area (TPSA) is 61.4 Å². The van der Waals surface area contributed by atoms with Crippen LogP contribution in [0, 0.1) is 11.8 Å². The third-order valence-corrected chi connectivity index (χ3v) is 5.80. The fraction of sp³-hybridized carbons (Fsp3) is 0.500. The Morgan fingerprint density at radius 2 is 2.08 bits per heavy atom. The summed E-state index contributed by atoms with van der Waals surface area (Å²) in [6.45, 7) is 4.42. The summed E-state index contributed by atoms with van der Waals surface area (Å²) in [5.74, 6) is 0.310. The molecule has 25 heavy (non-hydrogen) atoms. The Kier molecular flexibility index (Phi) is 4.12. The van der Waals surface area contributed by atoms with Crippen molar-refractivity contribution in [2.24, 2.45) is 11.8 Å². The summed E-state index contributed by atoms with van der Waals surface area (Å²) in [4.78, 5) is 27.9. The minimum atomic E-state index is -0.529. The van der Waals surface area contributed by atoms with Gasteiger partial charge in [0.25, 0.3) is 5.91 Å². The third kappa shape index (κ3) is 3.09. The van der Waals surface area contributed by atoms with Crippen molar-refractivity contribution in [2.75, 3.05) is 25.0 Å². The van der Waals surface area contributed by atoms with Crippen LogP contribution < -0.4 is 10.6 Å². The van der Waals surface area contributed by atoms with Crippen molar-refractivity contribution in [1.29, 1.82) is 0 Å². The fourth-order valence-electron chi connectivity index (χ4n) is 4.46. The van der Waals surface area contributed by atoms with E-state index in [4.69, 9.17) is 0 Å². The number of fused-ring (bicyclic) bond motifs is 2. The van der Waals surface area contributed by atoms with Gasteiger partial charge in [-0.1, -0.05) is 24.3 Å². The Balaban J connectivity index is 1.56. The van der Waals surface area contributed by atoms with Gasteiger partial charge in [-0.15, -0.1) is 0 Å². The average Bonchev–Trinajstić information content (AvgIpc) is 2.91. The number of benzene rings is 1. The van der Waals surface area contributed by atoms with Gasteiger partial charge in [-0.25, -0.2) is 0 Å². The Labute approximate surface area is 148 Å². The monoisotopic (exact) mass is 339 g/mol. The minimum Gasteiger partial charge on any atom is -0.345 e. The number of amides is 2. The van der Waals surface area contributed by atoms with Crippen LogP contribution in [0.15, 0.2) is 36.4 Å². The van der Waals surface area contributed by atoms with Crippen molar-refractivity contribution in [2.45, 2.75) is 31.7 Å². The van der Waals surface area contributed by atoms with Gasteiger partial charge in [0.05, 0.1) is 22.7 Å². The Hall–Kier alpha value is -2.14. The van der Waals surface area contributed by atoms with Crippen molar-refractivity contribution >= 4 is 17.5 Å². The maximum absolute atomic E-state index is 12.9. The van der Waals surface area contributed by atoms with Crippen LogP contribution in [0.1, 0.15) is 36.5 Å². The summed E-state index contributed by atoms with van der Waals surface area (Å²) in [6, 6.07) is 7.21. The normalized spacial score (nSPS) is 32.2. The zero-order valence-electron chi connectivity index (χ0n) is 14.6. The zero-order chi connectivity index (χ0) is 17.4. The van der Waals surface area contributed by atoms with E-state index in [0.29, 0.717) is 23.7 Å². The molecule has 1 aliphatic carbocycles. The largest absolute Gasteiger partial charge is 0.345 e. The van der Waals surface area contributed by atoms with E-state index in [2.05, 4.69) is 27.7 Å². The first-order chi connectivity index (χ1) is 12.0. The molecule has 2 amide bonds. The van der Waals surface area contributed by atoms with Crippen LogP contribution in [0.2, 0.25) is 0 Å². The molecule has 2 heterocycles. The maximum Gasteiger partial charge on any atom is 0.253 e. The summed E-state index contributed by atoms with van der Waals surface area (Å²) < 4.78 is 0. The van der Waals surface area contributed by atoms with E-state index >= 15 is 0 Å². The van der Waals surface area contributed by atoms with Crippen molar-refractivity contribution in [1.82, 2.24) is 10.2 Å². The Morgan fingerprint density at radius 1 is 1.24 bits per heavy atom. The number of hydrogen-bond donors (Lipinski definition) is 2. The quantitative estimate of drug-likeness (QED) is 0.814. The molecule has 4 rings (SSSR count). The van der Waals surface area contributed by atoms with Gasteiger partial charge in [0.1, 0.15) is 0 Å². The second-order valence-corrected chi connectivity index (χ2v) is 7.80. The molecule has 3 aliphatic rings. The number of anilines is 1. The van der Waals surface area contributed by atoms with Crippen LogP contribution in [0.4, 0.5) is 5.69 Å². The minimum absolute atomic E-state index is 0.000917. The lowest BCUT2D eigenvalue weighted by molar-refractivity contribution is -0.121. The van der Waals surface area contributed by atoms with Crippen molar-refractivity contribution in [3.8, 4) is 0 Å². The van der Waals surface area contributed by atoms with Crippen LogP contribution in [-0.2, 0) is 4.79 Å². The molecule has 0 radical (unpaired) electrons. The molecule has 1 fully saturated rings. The molecule has 0 unspecified atom stereocenters. The summed E-state index contributed by atoms with van der Waals surface area (Å²) >= 11 is 0. The number of allylic oxidation sites excluding steroid dienone is 2. The highest BCUT2D eigenvalue weighted by molar-refractivity contribution is 6.06. The van der Waals surface area contributed by atoms with E-state index in [1.165, 1.54) is 6.42 Å². The average molecular weight is 339 g/mol. The molecule has 0 spiro atoms. The summed E-state index contributed by atoms with van der Waals surface area (Å²) in [5.41, 5.74) is 0.605. The Morgan fingerprint density at radius 3 is 2.88 bits per heavy atom. The van der Waals surface area contributed by atoms with Crippen LogP contribution in [0.25, 0.3) is 0 Å². The number of para-hydroxylation sites is 1. The highest BCUT2D eigenvalue weighted by Gasteiger charge is 2.49. The third-order valence-electron chi connectivity index (χ3n) is 5.80. The lowest BCUT2D eigenvalue weighted by Crippen LogP contribution is -2.56. The van der Waals surface area contributed by atoms with Gasteiger partial charge in [-0.3, -0.25) is 14.5 Å². The molecular formula is C20H25N3O2. The fourth-order valence-corrected chi connectivity index (χ4v) is 4.46. The number of hydrogen-bond acceptors (Lipinski definition) is 3. The highest BCUT2D eigenvalue weighted by atomic mass is 16.2. The number of carbonyl (C=O) groups excluding carboxylic acids is 2. The number of nitrogens with zero attached hydrogens (tertiary/aromatic N) is 1. The second-order valence-electron chi connectivity index (χ2n) is 7.80. The molecule has 3 atom stereocenters. The second kappa shape index (κ2) is 6.30. The van der Waals surface area contributed by atoms with E-state index in [9.17, 15) is 9.59 Å². The van der Waals surface area contributed by atoms with Crippen LogP contribution in [-0.4, -0.2) is 41.9 Å². The van der Waals surface area contributed by atoms with Gasteiger partial charge < -0.3 is 10.6 Å². The van der Waals surface area contributed by atoms with Gasteiger partial charge in [-0.05, 0) is 44.2 Å². The lowest BCUT2D eigenvalue weighted by atomic mass is 9.86. The van der Waals surface area contributed by atoms with E-state index < -0.39 is 5.54 Å². The van der Waals surface area contributed by atoms with Gasteiger partial charge in [0, 0.05) is 19.6 Å². The standard InChI is InChI=1S/C20H25N3O2/c1-20-13-23(11-14-7-3-2-4-8-14)12-16(20)19(25)21-17-10-6-5-9-15(17)18(24)22-20/h2-3,5-6,9-10,14,16H,4,7-8,11-13H2,1H3,(H,21,25)(H,22,24)/t14-,16-,20-/m0/s1. The van der Waals surface area contributed by atoms with E-state index in [-0.39, 0.29) is 17.7 Å². The molecule has 2 aliphatic heterocycles. The lowest BCUT2D eigenvalue weighted by Gasteiger charge is -2.33. The molecular weight excluding hydrogens is 314 g/mol. The molecule has 2 N–H and O–H groups in total. The molecule has 0 saturated carbocycles. The molecule has 1 saturated heterocycles. The molecule has 0 bridgehead atoms.